The molecule has 1 amide bonds. The summed E-state index contributed by atoms with van der Waals surface area (Å²) >= 11 is 5.89. The Bertz CT molecular complexity index is 1290. The van der Waals surface area contributed by atoms with Crippen LogP contribution in [0.4, 0.5) is 0 Å². The SMILES string of the molecule is Cc1nn(CC(=O)NCCc2ccc(Cl)cc2)c(=O)c2nn(-c3ccccc3)c(C)c12. The lowest BCUT2D eigenvalue weighted by atomic mass is 10.1. The Labute approximate surface area is 184 Å². The molecule has 2 aromatic carbocycles. The Morgan fingerprint density at radius 2 is 1.74 bits per heavy atom. The molecule has 0 aliphatic carbocycles. The number of carbonyl (C=O) groups is 1. The molecule has 4 rings (SSSR count). The molecule has 158 valence electrons. The van der Waals surface area contributed by atoms with Crippen molar-refractivity contribution in [3.05, 3.63) is 86.9 Å². The topological polar surface area (TPSA) is 81.8 Å². The van der Waals surface area contributed by atoms with Crippen molar-refractivity contribution < 1.29 is 4.79 Å². The molecular formula is C23H22ClN5O2. The number of carbonyl (C=O) groups excluding carboxylic acids is 1. The number of nitrogens with zero attached hydrogens (tertiary/aromatic N) is 4. The number of hydrogen-bond donors (Lipinski definition) is 1. The van der Waals surface area contributed by atoms with E-state index < -0.39 is 0 Å². The summed E-state index contributed by atoms with van der Waals surface area (Å²) in [6, 6.07) is 17.1. The molecule has 0 spiro atoms. The van der Waals surface area contributed by atoms with Gasteiger partial charge in [0.2, 0.25) is 5.91 Å². The first-order valence-electron chi connectivity index (χ1n) is 9.97. The zero-order chi connectivity index (χ0) is 22.0. The molecule has 0 bridgehead atoms. The van der Waals surface area contributed by atoms with E-state index in [0.29, 0.717) is 34.6 Å². The van der Waals surface area contributed by atoms with Crippen LogP contribution in [0.3, 0.4) is 0 Å². The van der Waals surface area contributed by atoms with Gasteiger partial charge in [-0.2, -0.15) is 10.2 Å². The van der Waals surface area contributed by atoms with Gasteiger partial charge in [-0.25, -0.2) is 9.36 Å². The van der Waals surface area contributed by atoms with Crippen molar-refractivity contribution in [3.8, 4) is 5.69 Å². The highest BCUT2D eigenvalue weighted by Gasteiger charge is 2.18. The van der Waals surface area contributed by atoms with Gasteiger partial charge in [-0.3, -0.25) is 9.59 Å². The molecule has 8 heteroatoms. The van der Waals surface area contributed by atoms with Crippen molar-refractivity contribution in [1.29, 1.82) is 0 Å². The third-order valence-corrected chi connectivity index (χ3v) is 5.38. The molecule has 0 saturated carbocycles. The largest absolute Gasteiger partial charge is 0.354 e. The Balaban J connectivity index is 1.53. The molecule has 0 aliphatic heterocycles. The van der Waals surface area contributed by atoms with E-state index in [1.165, 1.54) is 4.68 Å². The normalized spacial score (nSPS) is 11.1. The minimum absolute atomic E-state index is 0.159. The second-order valence-electron chi connectivity index (χ2n) is 7.33. The van der Waals surface area contributed by atoms with Crippen LogP contribution in [0, 0.1) is 13.8 Å². The van der Waals surface area contributed by atoms with Crippen molar-refractivity contribution in [1.82, 2.24) is 24.9 Å². The fourth-order valence-corrected chi connectivity index (χ4v) is 3.73. The minimum atomic E-state index is -0.383. The van der Waals surface area contributed by atoms with Crippen molar-refractivity contribution in [2.24, 2.45) is 0 Å². The molecule has 0 saturated heterocycles. The summed E-state index contributed by atoms with van der Waals surface area (Å²) in [5, 5.41) is 13.1. The summed E-state index contributed by atoms with van der Waals surface area (Å²) in [4.78, 5) is 25.4. The van der Waals surface area contributed by atoms with Crippen LogP contribution in [-0.2, 0) is 17.8 Å². The maximum atomic E-state index is 13.0. The number of benzene rings is 2. The number of nitrogens with one attached hydrogen (secondary N) is 1. The van der Waals surface area contributed by atoms with E-state index in [1.807, 2.05) is 68.4 Å². The number of para-hydroxylation sites is 1. The predicted molar refractivity (Wildman–Crippen MR) is 121 cm³/mol. The lowest BCUT2D eigenvalue weighted by molar-refractivity contribution is -0.121. The molecule has 0 atom stereocenters. The van der Waals surface area contributed by atoms with Crippen LogP contribution in [0.15, 0.2) is 59.4 Å². The zero-order valence-corrected chi connectivity index (χ0v) is 18.1. The van der Waals surface area contributed by atoms with Gasteiger partial charge < -0.3 is 5.32 Å². The maximum absolute atomic E-state index is 13.0. The van der Waals surface area contributed by atoms with E-state index >= 15 is 0 Å². The molecular weight excluding hydrogens is 414 g/mol. The number of hydrogen-bond acceptors (Lipinski definition) is 4. The third kappa shape index (κ3) is 4.36. The van der Waals surface area contributed by atoms with Crippen molar-refractivity contribution in [2.75, 3.05) is 6.54 Å². The fourth-order valence-electron chi connectivity index (χ4n) is 3.60. The van der Waals surface area contributed by atoms with Crippen molar-refractivity contribution in [2.45, 2.75) is 26.8 Å². The first-order valence-corrected chi connectivity index (χ1v) is 10.4. The van der Waals surface area contributed by atoms with Crippen LogP contribution < -0.4 is 10.9 Å². The fraction of sp³-hybridized carbons (Fsp3) is 0.217. The van der Waals surface area contributed by atoms with Gasteiger partial charge in [0, 0.05) is 11.6 Å². The minimum Gasteiger partial charge on any atom is -0.354 e. The van der Waals surface area contributed by atoms with E-state index in [1.54, 1.807) is 4.68 Å². The summed E-state index contributed by atoms with van der Waals surface area (Å²) in [5.74, 6) is -0.276. The lowest BCUT2D eigenvalue weighted by Crippen LogP contribution is -2.35. The second kappa shape index (κ2) is 8.73. The number of halogens is 1. The Kier molecular flexibility index (Phi) is 5.86. The first kappa shape index (κ1) is 20.8. The third-order valence-electron chi connectivity index (χ3n) is 5.13. The Hall–Kier alpha value is -3.45. The van der Waals surface area contributed by atoms with Crippen molar-refractivity contribution >= 4 is 28.4 Å². The molecule has 2 aromatic heterocycles. The van der Waals surface area contributed by atoms with Gasteiger partial charge in [-0.1, -0.05) is 41.9 Å². The van der Waals surface area contributed by atoms with Gasteiger partial charge in [0.15, 0.2) is 5.52 Å². The highest BCUT2D eigenvalue weighted by molar-refractivity contribution is 6.30. The van der Waals surface area contributed by atoms with E-state index in [4.69, 9.17) is 11.6 Å². The highest BCUT2D eigenvalue weighted by atomic mass is 35.5. The average molecular weight is 436 g/mol. The van der Waals surface area contributed by atoms with Crippen LogP contribution in [0.1, 0.15) is 17.0 Å². The molecule has 0 fully saturated rings. The number of aryl methyl sites for hydroxylation is 2. The molecule has 0 aliphatic rings. The highest BCUT2D eigenvalue weighted by Crippen LogP contribution is 2.20. The summed E-state index contributed by atoms with van der Waals surface area (Å²) in [6.45, 7) is 4.02. The summed E-state index contributed by atoms with van der Waals surface area (Å²) in [7, 11) is 0. The van der Waals surface area contributed by atoms with E-state index in [0.717, 1.165) is 16.9 Å². The second-order valence-corrected chi connectivity index (χ2v) is 7.77. The number of fused-ring (bicyclic) bond motifs is 1. The van der Waals surface area contributed by atoms with E-state index in [9.17, 15) is 9.59 Å². The smallest absolute Gasteiger partial charge is 0.295 e. The molecule has 2 heterocycles. The summed E-state index contributed by atoms with van der Waals surface area (Å²) in [5.41, 5.74) is 3.35. The van der Waals surface area contributed by atoms with Crippen molar-refractivity contribution in [3.63, 3.8) is 0 Å². The van der Waals surface area contributed by atoms with Crippen LogP contribution in [0.25, 0.3) is 16.6 Å². The average Bonchev–Trinajstić information content (AvgIpc) is 3.12. The number of aromatic nitrogens is 4. The summed E-state index contributed by atoms with van der Waals surface area (Å²) in [6.07, 6.45) is 0.671. The van der Waals surface area contributed by atoms with Gasteiger partial charge in [0.1, 0.15) is 6.54 Å². The van der Waals surface area contributed by atoms with Gasteiger partial charge in [-0.05, 0) is 50.1 Å². The lowest BCUT2D eigenvalue weighted by Gasteiger charge is -2.08. The maximum Gasteiger partial charge on any atom is 0.295 e. The quantitative estimate of drug-likeness (QED) is 0.504. The molecule has 0 radical (unpaired) electrons. The van der Waals surface area contributed by atoms with Gasteiger partial charge in [0.25, 0.3) is 5.56 Å². The molecule has 31 heavy (non-hydrogen) atoms. The molecule has 7 nitrogen and oxygen atoms in total. The molecule has 1 N–H and O–H groups in total. The monoisotopic (exact) mass is 435 g/mol. The first-order chi connectivity index (χ1) is 14.9. The van der Waals surface area contributed by atoms with Crippen LogP contribution in [0.5, 0.6) is 0 Å². The Morgan fingerprint density at radius 3 is 2.45 bits per heavy atom. The Morgan fingerprint density at radius 1 is 1.03 bits per heavy atom. The van der Waals surface area contributed by atoms with Gasteiger partial charge >= 0.3 is 0 Å². The summed E-state index contributed by atoms with van der Waals surface area (Å²) < 4.78 is 2.91. The van der Waals surface area contributed by atoms with Gasteiger partial charge in [-0.15, -0.1) is 0 Å². The predicted octanol–water partition coefficient (Wildman–Crippen LogP) is 3.21. The zero-order valence-electron chi connectivity index (χ0n) is 17.3. The van der Waals surface area contributed by atoms with Crippen LogP contribution in [-0.4, -0.2) is 32.0 Å². The number of amides is 1. The van der Waals surface area contributed by atoms with E-state index in [-0.39, 0.29) is 18.0 Å². The molecule has 4 aromatic rings. The standard InChI is InChI=1S/C23H22ClN5O2/c1-15-21-16(2)29(19-6-4-3-5-7-19)27-22(21)23(31)28(26-15)14-20(30)25-13-12-17-8-10-18(24)11-9-17/h3-11H,12-14H2,1-2H3,(H,25,30). The molecule has 0 unspecified atom stereocenters. The van der Waals surface area contributed by atoms with Crippen LogP contribution >= 0.6 is 11.6 Å². The number of rotatable bonds is 6. The van der Waals surface area contributed by atoms with Gasteiger partial charge in [0.05, 0.1) is 22.5 Å². The van der Waals surface area contributed by atoms with E-state index in [2.05, 4.69) is 15.5 Å². The van der Waals surface area contributed by atoms with Crippen LogP contribution in [0.2, 0.25) is 5.02 Å².